The molecule has 1 aromatic carbocycles. The zero-order chi connectivity index (χ0) is 13.8. The lowest BCUT2D eigenvalue weighted by atomic mass is 10.2. The van der Waals surface area contributed by atoms with Crippen molar-refractivity contribution in [2.75, 3.05) is 11.9 Å². The Hall–Kier alpha value is -2.87. The molecular weight excluding hydrogens is 242 g/mol. The first-order valence-corrected chi connectivity index (χ1v) is 5.59. The van der Waals surface area contributed by atoms with Gasteiger partial charge < -0.3 is 9.88 Å². The summed E-state index contributed by atoms with van der Waals surface area (Å²) in [5.41, 5.74) is 0.882. The van der Waals surface area contributed by atoms with Crippen molar-refractivity contribution >= 4 is 11.6 Å². The number of hydrogen-bond donors (Lipinski definition) is 1. The van der Waals surface area contributed by atoms with E-state index in [1.54, 1.807) is 31.3 Å². The first kappa shape index (κ1) is 12.6. The zero-order valence-electron chi connectivity index (χ0n) is 10.3. The molecule has 0 radical (unpaired) electrons. The molecule has 1 amide bonds. The third-order valence-electron chi connectivity index (χ3n) is 2.74. The van der Waals surface area contributed by atoms with Crippen LogP contribution in [0.5, 0.6) is 0 Å². The highest BCUT2D eigenvalue weighted by Gasteiger charge is 2.16. The second-order valence-corrected chi connectivity index (χ2v) is 3.95. The molecule has 0 fully saturated rings. The van der Waals surface area contributed by atoms with Gasteiger partial charge in [-0.25, -0.2) is 0 Å². The molecule has 2 aromatic rings. The highest BCUT2D eigenvalue weighted by Crippen LogP contribution is 2.15. The number of nitrogens with zero attached hydrogens (tertiary/aromatic N) is 2. The van der Waals surface area contributed by atoms with Crippen molar-refractivity contribution in [3.8, 4) is 6.07 Å². The van der Waals surface area contributed by atoms with Crippen LogP contribution in [-0.2, 0) is 0 Å². The lowest BCUT2D eigenvalue weighted by Gasteiger charge is -2.16. The van der Waals surface area contributed by atoms with E-state index in [4.69, 9.17) is 5.26 Å². The number of H-pyrrole nitrogens is 1. The van der Waals surface area contributed by atoms with Crippen LogP contribution in [0.2, 0.25) is 0 Å². The molecule has 0 saturated heterocycles. The first-order chi connectivity index (χ1) is 9.13. The van der Waals surface area contributed by atoms with Crippen LogP contribution in [0.4, 0.5) is 5.69 Å². The molecular formula is C14H11N3O2. The van der Waals surface area contributed by atoms with Gasteiger partial charge in [-0.05, 0) is 24.3 Å². The fraction of sp³-hybridized carbons (Fsp3) is 0.0714. The van der Waals surface area contributed by atoms with E-state index in [9.17, 15) is 9.59 Å². The number of nitrogens with one attached hydrogen (secondary N) is 1. The minimum atomic E-state index is -0.397. The summed E-state index contributed by atoms with van der Waals surface area (Å²) in [6.45, 7) is 0. The maximum atomic E-state index is 12.2. The minimum absolute atomic E-state index is 0.0781. The molecule has 0 spiro atoms. The van der Waals surface area contributed by atoms with Gasteiger partial charge >= 0.3 is 0 Å². The average molecular weight is 253 g/mol. The Morgan fingerprint density at radius 3 is 2.53 bits per heavy atom. The second-order valence-electron chi connectivity index (χ2n) is 3.95. The maximum absolute atomic E-state index is 12.2. The zero-order valence-corrected chi connectivity index (χ0v) is 10.3. The van der Waals surface area contributed by atoms with Crippen molar-refractivity contribution in [1.82, 2.24) is 4.98 Å². The summed E-state index contributed by atoms with van der Waals surface area (Å²) in [7, 11) is 1.58. The van der Waals surface area contributed by atoms with Crippen LogP contribution >= 0.6 is 0 Å². The molecule has 2 rings (SSSR count). The fourth-order valence-corrected chi connectivity index (χ4v) is 1.64. The Bertz CT molecular complexity index is 696. The van der Waals surface area contributed by atoms with Gasteiger partial charge in [-0.2, -0.15) is 5.26 Å². The van der Waals surface area contributed by atoms with E-state index < -0.39 is 5.91 Å². The number of rotatable bonds is 2. The Morgan fingerprint density at radius 1 is 1.26 bits per heavy atom. The van der Waals surface area contributed by atoms with Gasteiger partial charge in [0, 0.05) is 31.2 Å². The molecule has 0 atom stereocenters. The van der Waals surface area contributed by atoms with Gasteiger partial charge in [0.25, 0.3) is 5.91 Å². The van der Waals surface area contributed by atoms with E-state index in [-0.39, 0.29) is 11.0 Å². The summed E-state index contributed by atoms with van der Waals surface area (Å²) in [6, 6.07) is 9.87. The summed E-state index contributed by atoms with van der Waals surface area (Å²) in [5.74, 6) is -0.397. The molecule has 1 aromatic heterocycles. The topological polar surface area (TPSA) is 77.0 Å². The Labute approximate surface area is 109 Å². The number of amides is 1. The van der Waals surface area contributed by atoms with Crippen LogP contribution in [0.15, 0.2) is 47.5 Å². The molecule has 0 unspecified atom stereocenters. The molecule has 1 N–H and O–H groups in total. The third kappa shape index (κ3) is 2.53. The van der Waals surface area contributed by atoms with Crippen LogP contribution in [0.1, 0.15) is 15.9 Å². The summed E-state index contributed by atoms with van der Waals surface area (Å²) >= 11 is 0. The number of hydrogen-bond acceptors (Lipinski definition) is 3. The standard InChI is InChI=1S/C14H11N3O2/c1-17(11-4-2-10(8-15)3-5-11)14(19)12-9-16-7-6-13(12)18/h2-7,9H,1H3,(H,16,18). The SMILES string of the molecule is CN(C(=O)c1c[nH]ccc1=O)c1ccc(C#N)cc1. The summed E-state index contributed by atoms with van der Waals surface area (Å²) in [6.07, 6.45) is 2.85. The second kappa shape index (κ2) is 5.19. The minimum Gasteiger partial charge on any atom is -0.367 e. The van der Waals surface area contributed by atoms with Gasteiger partial charge in [0.1, 0.15) is 5.56 Å². The van der Waals surface area contributed by atoms with Crippen molar-refractivity contribution in [3.63, 3.8) is 0 Å². The number of carbonyl (C=O) groups is 1. The monoisotopic (exact) mass is 253 g/mol. The van der Waals surface area contributed by atoms with Crippen molar-refractivity contribution in [1.29, 1.82) is 5.26 Å². The van der Waals surface area contributed by atoms with E-state index in [1.165, 1.54) is 23.4 Å². The van der Waals surface area contributed by atoms with Crippen molar-refractivity contribution in [2.24, 2.45) is 0 Å². The molecule has 19 heavy (non-hydrogen) atoms. The number of carbonyl (C=O) groups excluding carboxylic acids is 1. The number of nitriles is 1. The normalized spacial score (nSPS) is 9.68. The largest absolute Gasteiger partial charge is 0.367 e. The van der Waals surface area contributed by atoms with Gasteiger partial charge in [0.2, 0.25) is 0 Å². The predicted molar refractivity (Wildman–Crippen MR) is 71.0 cm³/mol. The van der Waals surface area contributed by atoms with Gasteiger partial charge in [-0.3, -0.25) is 9.59 Å². The molecule has 0 saturated carbocycles. The molecule has 5 nitrogen and oxygen atoms in total. The van der Waals surface area contributed by atoms with Gasteiger partial charge in [-0.15, -0.1) is 0 Å². The molecule has 0 aliphatic rings. The molecule has 0 bridgehead atoms. The van der Waals surface area contributed by atoms with Crippen LogP contribution in [0.3, 0.4) is 0 Å². The van der Waals surface area contributed by atoms with Crippen LogP contribution in [0, 0.1) is 11.3 Å². The highest BCUT2D eigenvalue weighted by atomic mass is 16.2. The van der Waals surface area contributed by atoms with E-state index >= 15 is 0 Å². The maximum Gasteiger partial charge on any atom is 0.263 e. The number of aromatic nitrogens is 1. The lowest BCUT2D eigenvalue weighted by Crippen LogP contribution is -2.30. The van der Waals surface area contributed by atoms with Gasteiger partial charge in [0.05, 0.1) is 11.6 Å². The van der Waals surface area contributed by atoms with E-state index in [0.29, 0.717) is 11.3 Å². The molecule has 1 heterocycles. The lowest BCUT2D eigenvalue weighted by molar-refractivity contribution is 0.0991. The fourth-order valence-electron chi connectivity index (χ4n) is 1.64. The van der Waals surface area contributed by atoms with Gasteiger partial charge in [0.15, 0.2) is 5.43 Å². The van der Waals surface area contributed by atoms with Crippen LogP contribution in [-0.4, -0.2) is 17.9 Å². The van der Waals surface area contributed by atoms with Crippen LogP contribution < -0.4 is 10.3 Å². The molecule has 0 aliphatic heterocycles. The molecule has 5 heteroatoms. The number of aromatic amines is 1. The highest BCUT2D eigenvalue weighted by molar-refractivity contribution is 6.05. The predicted octanol–water partition coefficient (Wildman–Crippen LogP) is 1.52. The van der Waals surface area contributed by atoms with E-state index in [0.717, 1.165) is 0 Å². The first-order valence-electron chi connectivity index (χ1n) is 5.59. The Balaban J connectivity index is 2.31. The van der Waals surface area contributed by atoms with Crippen molar-refractivity contribution in [3.05, 3.63) is 64.1 Å². The Kier molecular flexibility index (Phi) is 3.44. The quantitative estimate of drug-likeness (QED) is 0.881. The summed E-state index contributed by atoms with van der Waals surface area (Å²) in [5, 5.41) is 8.71. The number of pyridine rings is 1. The summed E-state index contributed by atoms with van der Waals surface area (Å²) < 4.78 is 0. The van der Waals surface area contributed by atoms with Gasteiger partial charge in [-0.1, -0.05) is 0 Å². The van der Waals surface area contributed by atoms with E-state index in [1.807, 2.05) is 6.07 Å². The number of benzene rings is 1. The van der Waals surface area contributed by atoms with Crippen molar-refractivity contribution in [2.45, 2.75) is 0 Å². The molecule has 0 aliphatic carbocycles. The third-order valence-corrected chi connectivity index (χ3v) is 2.74. The average Bonchev–Trinajstić information content (AvgIpc) is 2.46. The van der Waals surface area contributed by atoms with E-state index in [2.05, 4.69) is 4.98 Å². The molecule has 94 valence electrons. The van der Waals surface area contributed by atoms with Crippen LogP contribution in [0.25, 0.3) is 0 Å². The Morgan fingerprint density at radius 2 is 1.95 bits per heavy atom. The summed E-state index contributed by atoms with van der Waals surface area (Å²) in [4.78, 5) is 27.8. The number of anilines is 1. The van der Waals surface area contributed by atoms with Crippen molar-refractivity contribution < 1.29 is 4.79 Å². The smallest absolute Gasteiger partial charge is 0.263 e.